The number of aliphatic hydroxyl groups is 2. The van der Waals surface area contributed by atoms with E-state index in [0.29, 0.717) is 17.0 Å². The van der Waals surface area contributed by atoms with E-state index in [9.17, 15) is 10.2 Å². The number of halogens is 2. The fourth-order valence-corrected chi connectivity index (χ4v) is 5.70. The maximum absolute atomic E-state index is 9.56. The number of aliphatic hydroxyl groups excluding tert-OH is 2. The number of alkyl halides is 1. The molecular weight excluding hydrogens is 445 g/mol. The first kappa shape index (κ1) is 23.8. The van der Waals surface area contributed by atoms with Crippen LogP contribution in [-0.2, 0) is 0 Å². The van der Waals surface area contributed by atoms with Crippen molar-refractivity contribution in [2.24, 2.45) is 5.41 Å². The number of benzene rings is 1. The van der Waals surface area contributed by atoms with Gasteiger partial charge in [0.05, 0.1) is 24.1 Å². The molecule has 4 rings (SSSR count). The Morgan fingerprint density at radius 2 is 1.94 bits per heavy atom. The fourth-order valence-electron chi connectivity index (χ4n) is 5.38. The summed E-state index contributed by atoms with van der Waals surface area (Å²) in [6, 6.07) is 4.77. The summed E-state index contributed by atoms with van der Waals surface area (Å²) in [5.74, 6) is 0.440. The molecule has 1 aliphatic heterocycles. The maximum atomic E-state index is 9.56. The van der Waals surface area contributed by atoms with Gasteiger partial charge in [0.2, 0.25) is 0 Å². The van der Waals surface area contributed by atoms with E-state index >= 15 is 0 Å². The molecule has 2 aliphatic rings. The third kappa shape index (κ3) is 4.51. The molecule has 0 radical (unpaired) electrons. The summed E-state index contributed by atoms with van der Waals surface area (Å²) in [4.78, 5) is 2.42. The van der Waals surface area contributed by atoms with Crippen molar-refractivity contribution in [2.75, 3.05) is 26.3 Å². The van der Waals surface area contributed by atoms with Crippen molar-refractivity contribution in [3.05, 3.63) is 46.6 Å². The number of nitrogens with zero attached hydrogens (tertiary/aromatic N) is 2. The normalized spacial score (nSPS) is 25.0. The van der Waals surface area contributed by atoms with Crippen LogP contribution >= 0.6 is 23.2 Å². The number of allylic oxidation sites excluding steroid dienone is 3. The summed E-state index contributed by atoms with van der Waals surface area (Å²) in [7, 11) is 0. The van der Waals surface area contributed by atoms with Crippen LogP contribution in [0.15, 0.2) is 29.8 Å². The maximum Gasteiger partial charge on any atom is 0.0930 e. The second-order valence-corrected chi connectivity index (χ2v) is 10.9. The van der Waals surface area contributed by atoms with Crippen molar-refractivity contribution < 1.29 is 10.2 Å². The minimum Gasteiger partial charge on any atom is -0.396 e. The van der Waals surface area contributed by atoms with Crippen LogP contribution < -0.4 is 0 Å². The third-order valence-corrected chi connectivity index (χ3v) is 7.62. The highest BCUT2D eigenvalue weighted by molar-refractivity contribution is 6.30. The molecule has 174 valence electrons. The van der Waals surface area contributed by atoms with Crippen LogP contribution in [0.25, 0.3) is 16.5 Å². The monoisotopic (exact) mass is 477 g/mol. The minimum absolute atomic E-state index is 0.0610. The lowest BCUT2D eigenvalue weighted by atomic mass is 9.76. The van der Waals surface area contributed by atoms with Crippen molar-refractivity contribution >= 4 is 39.7 Å². The van der Waals surface area contributed by atoms with Crippen molar-refractivity contribution in [1.29, 1.82) is 0 Å². The van der Waals surface area contributed by atoms with Crippen LogP contribution in [0.1, 0.15) is 67.6 Å². The SMILES string of the molecule is C=C(/C=C(\C)Cl)c1cc2n[nH]c(C3CCC(N4CC(CO)(CO)C4)CC3)c2cc1C(C)Cl. The van der Waals surface area contributed by atoms with Gasteiger partial charge < -0.3 is 10.2 Å². The van der Waals surface area contributed by atoms with Gasteiger partial charge >= 0.3 is 0 Å². The van der Waals surface area contributed by atoms with Crippen LogP contribution in [0.4, 0.5) is 0 Å². The van der Waals surface area contributed by atoms with Gasteiger partial charge in [-0.1, -0.05) is 18.2 Å². The van der Waals surface area contributed by atoms with Gasteiger partial charge in [-0.3, -0.25) is 10.00 Å². The number of aromatic nitrogens is 2. The molecule has 2 aromatic rings. The quantitative estimate of drug-likeness (QED) is 0.372. The van der Waals surface area contributed by atoms with Gasteiger partial charge in [0.25, 0.3) is 0 Å². The topological polar surface area (TPSA) is 72.4 Å². The van der Waals surface area contributed by atoms with Crippen LogP contribution in [0.2, 0.25) is 0 Å². The number of hydrogen-bond donors (Lipinski definition) is 3. The summed E-state index contributed by atoms with van der Waals surface area (Å²) in [5.41, 5.74) is 4.68. The van der Waals surface area contributed by atoms with Crippen molar-refractivity contribution in [1.82, 2.24) is 15.1 Å². The van der Waals surface area contributed by atoms with Crippen LogP contribution in [0.3, 0.4) is 0 Å². The lowest BCUT2D eigenvalue weighted by Crippen LogP contribution is -2.63. The number of H-pyrrole nitrogens is 1. The standard InChI is InChI=1S/C25H33Cl2N3O2/c1-15(8-16(2)26)20-10-23-22(9-21(20)17(3)27)24(29-28-23)18-4-6-19(7-5-18)30-11-25(12-30,13-31)14-32/h8-10,17-19,31-32H,1,4-7,11-14H2,2-3H3,(H,28,29)/b16-8+. The number of fused-ring (bicyclic) bond motifs is 1. The lowest BCUT2D eigenvalue weighted by Gasteiger charge is -2.53. The Morgan fingerprint density at radius 1 is 1.28 bits per heavy atom. The summed E-state index contributed by atoms with van der Waals surface area (Å²) < 4.78 is 0. The van der Waals surface area contributed by atoms with Gasteiger partial charge in [0, 0.05) is 46.6 Å². The molecule has 1 unspecified atom stereocenters. The number of aromatic amines is 1. The molecule has 0 spiro atoms. The average molecular weight is 478 g/mol. The Kier molecular flexibility index (Phi) is 7.04. The largest absolute Gasteiger partial charge is 0.396 e. The Labute approximate surface area is 200 Å². The van der Waals surface area contributed by atoms with Crippen LogP contribution in [0, 0.1) is 5.41 Å². The van der Waals surface area contributed by atoms with E-state index in [1.165, 1.54) is 5.69 Å². The Balaban J connectivity index is 1.52. The molecule has 0 amide bonds. The summed E-state index contributed by atoms with van der Waals surface area (Å²) in [6.45, 7) is 9.71. The molecule has 1 aromatic heterocycles. The zero-order valence-corrected chi connectivity index (χ0v) is 20.4. The molecule has 2 fully saturated rings. The molecule has 0 bridgehead atoms. The molecule has 1 atom stereocenters. The molecule has 1 saturated heterocycles. The highest BCUT2D eigenvalue weighted by Crippen LogP contribution is 2.42. The molecule has 1 aliphatic carbocycles. The Bertz CT molecular complexity index is 1010. The predicted octanol–water partition coefficient (Wildman–Crippen LogP) is 5.33. The molecule has 32 heavy (non-hydrogen) atoms. The zero-order chi connectivity index (χ0) is 23.0. The highest BCUT2D eigenvalue weighted by Gasteiger charge is 2.45. The second-order valence-electron chi connectivity index (χ2n) is 9.69. The summed E-state index contributed by atoms with van der Waals surface area (Å²) in [6.07, 6.45) is 6.28. The van der Waals surface area contributed by atoms with E-state index < -0.39 is 0 Å². The van der Waals surface area contributed by atoms with Gasteiger partial charge in [-0.05, 0) is 74.4 Å². The fraction of sp³-hybridized carbons (Fsp3) is 0.560. The Morgan fingerprint density at radius 3 is 2.50 bits per heavy atom. The van der Waals surface area contributed by atoms with Crippen molar-refractivity contribution in [3.63, 3.8) is 0 Å². The van der Waals surface area contributed by atoms with Gasteiger partial charge in [0.15, 0.2) is 0 Å². The number of rotatable bonds is 7. The number of hydrogen-bond acceptors (Lipinski definition) is 4. The van der Waals surface area contributed by atoms with Crippen molar-refractivity contribution in [3.8, 4) is 0 Å². The molecule has 1 aromatic carbocycles. The van der Waals surface area contributed by atoms with Crippen LogP contribution in [0.5, 0.6) is 0 Å². The molecule has 7 heteroatoms. The highest BCUT2D eigenvalue weighted by atomic mass is 35.5. The summed E-state index contributed by atoms with van der Waals surface area (Å²) >= 11 is 12.6. The lowest BCUT2D eigenvalue weighted by molar-refractivity contribution is -0.0993. The van der Waals surface area contributed by atoms with E-state index in [1.54, 1.807) is 0 Å². The molecule has 2 heterocycles. The van der Waals surface area contributed by atoms with E-state index in [-0.39, 0.29) is 24.0 Å². The van der Waals surface area contributed by atoms with Crippen molar-refractivity contribution in [2.45, 2.75) is 56.9 Å². The first-order valence-corrected chi connectivity index (χ1v) is 12.2. The van der Waals surface area contributed by atoms with Gasteiger partial charge in [0.1, 0.15) is 0 Å². The van der Waals surface area contributed by atoms with Gasteiger partial charge in [-0.15, -0.1) is 11.6 Å². The minimum atomic E-state index is -0.302. The first-order chi connectivity index (χ1) is 15.3. The Hall–Kier alpha value is -1.37. The molecule has 3 N–H and O–H groups in total. The third-order valence-electron chi connectivity index (χ3n) is 7.27. The summed E-state index contributed by atoms with van der Waals surface area (Å²) in [5, 5.41) is 28.7. The van der Waals surface area contributed by atoms with E-state index in [2.05, 4.69) is 33.8 Å². The van der Waals surface area contributed by atoms with Gasteiger partial charge in [-0.25, -0.2) is 0 Å². The molecule has 1 saturated carbocycles. The average Bonchev–Trinajstić information content (AvgIpc) is 3.16. The first-order valence-electron chi connectivity index (χ1n) is 11.4. The van der Waals surface area contributed by atoms with E-state index in [4.69, 9.17) is 23.2 Å². The molecule has 5 nitrogen and oxygen atoms in total. The number of nitrogens with one attached hydrogen (secondary N) is 1. The van der Waals surface area contributed by atoms with E-state index in [1.807, 2.05) is 19.9 Å². The zero-order valence-electron chi connectivity index (χ0n) is 18.9. The van der Waals surface area contributed by atoms with Crippen LogP contribution in [-0.4, -0.2) is 57.7 Å². The second kappa shape index (κ2) is 9.47. The van der Waals surface area contributed by atoms with E-state index in [0.717, 1.165) is 66.4 Å². The predicted molar refractivity (Wildman–Crippen MR) is 132 cm³/mol. The molecular formula is C25H33Cl2N3O2. The smallest absolute Gasteiger partial charge is 0.0930 e. The van der Waals surface area contributed by atoms with Gasteiger partial charge in [-0.2, -0.15) is 5.10 Å². The number of likely N-dealkylation sites (tertiary alicyclic amines) is 1.